The first-order chi connectivity index (χ1) is 9.78. The van der Waals surface area contributed by atoms with E-state index in [1.807, 2.05) is 36.4 Å². The zero-order chi connectivity index (χ0) is 14.4. The van der Waals surface area contributed by atoms with Gasteiger partial charge in [-0.25, -0.2) is 0 Å². The van der Waals surface area contributed by atoms with Gasteiger partial charge < -0.3 is 9.94 Å². The van der Waals surface area contributed by atoms with Crippen LogP contribution in [0, 0.1) is 11.3 Å². The lowest BCUT2D eigenvalue weighted by Gasteiger charge is -2.07. The van der Waals surface area contributed by atoms with Gasteiger partial charge in [0.2, 0.25) is 0 Å². The summed E-state index contributed by atoms with van der Waals surface area (Å²) in [7, 11) is 1.49. The zero-order valence-electron chi connectivity index (χ0n) is 11.1. The van der Waals surface area contributed by atoms with Gasteiger partial charge in [-0.1, -0.05) is 35.5 Å². The molecule has 20 heavy (non-hydrogen) atoms. The Labute approximate surface area is 117 Å². The van der Waals surface area contributed by atoms with Crippen molar-refractivity contribution in [3.8, 4) is 6.07 Å². The molecule has 0 spiro atoms. The van der Waals surface area contributed by atoms with Crippen molar-refractivity contribution in [2.24, 2.45) is 5.16 Å². The summed E-state index contributed by atoms with van der Waals surface area (Å²) in [6, 6.07) is 9.52. The van der Waals surface area contributed by atoms with Gasteiger partial charge in [-0.05, 0) is 34.9 Å². The van der Waals surface area contributed by atoms with Crippen molar-refractivity contribution < 1.29 is 9.94 Å². The molecule has 1 aromatic carbocycles. The molecule has 0 aliphatic heterocycles. The fourth-order valence-electron chi connectivity index (χ4n) is 1.92. The molecule has 1 aromatic rings. The second-order valence-corrected chi connectivity index (χ2v) is 4.17. The number of hydrogen-bond donors (Lipinski definition) is 1. The second kappa shape index (κ2) is 6.50. The summed E-state index contributed by atoms with van der Waals surface area (Å²) in [5, 5.41) is 22.3. The van der Waals surface area contributed by atoms with Crippen molar-refractivity contribution in [3.05, 3.63) is 65.3 Å². The Morgan fingerprint density at radius 1 is 1.30 bits per heavy atom. The minimum absolute atomic E-state index is 0.0434. The molecular formula is C16H14N2O2. The maximum atomic E-state index is 9.37. The van der Waals surface area contributed by atoms with Gasteiger partial charge in [0.15, 0.2) is 0 Å². The molecule has 1 aliphatic rings. The Kier molecular flexibility index (Phi) is 4.48. The molecule has 0 heterocycles. The monoisotopic (exact) mass is 266 g/mol. The summed E-state index contributed by atoms with van der Waals surface area (Å²) in [4.78, 5) is 4.69. The number of aliphatic hydroxyl groups excluding tert-OH is 1. The lowest BCUT2D eigenvalue weighted by molar-refractivity contribution is 0.214. The van der Waals surface area contributed by atoms with Crippen LogP contribution in [0.1, 0.15) is 11.1 Å². The fraction of sp³-hybridized carbons (Fsp3) is 0.125. The van der Waals surface area contributed by atoms with Crippen LogP contribution in [0.15, 0.2) is 59.3 Å². The maximum absolute atomic E-state index is 9.37. The third-order valence-corrected chi connectivity index (χ3v) is 2.86. The number of oxime groups is 1. The first-order valence-corrected chi connectivity index (χ1v) is 6.10. The quantitative estimate of drug-likeness (QED) is 0.675. The smallest absolute Gasteiger partial charge is 0.106 e. The molecule has 4 nitrogen and oxygen atoms in total. The average molecular weight is 266 g/mol. The standard InChI is InChI=1S/C16H14N2O2/c1-20-18-15-7-5-13(6-8-15)16(10-17)14-4-2-3-12(9-14)11-19/h2-9,19H,11H2,1H3. The van der Waals surface area contributed by atoms with Crippen LogP contribution in [0.2, 0.25) is 0 Å². The highest BCUT2D eigenvalue weighted by Gasteiger charge is 2.08. The lowest BCUT2D eigenvalue weighted by atomic mass is 9.96. The predicted octanol–water partition coefficient (Wildman–Crippen LogP) is 2.58. The first kappa shape index (κ1) is 13.8. The molecule has 0 aromatic heterocycles. The number of nitrogens with zero attached hydrogens (tertiary/aromatic N) is 2. The van der Waals surface area contributed by atoms with Crippen LogP contribution in [-0.2, 0) is 11.4 Å². The van der Waals surface area contributed by atoms with Crippen molar-refractivity contribution in [3.63, 3.8) is 0 Å². The summed E-state index contributed by atoms with van der Waals surface area (Å²) in [6.07, 6.45) is 7.21. The van der Waals surface area contributed by atoms with Gasteiger partial charge >= 0.3 is 0 Å². The van der Waals surface area contributed by atoms with Crippen LogP contribution in [0.3, 0.4) is 0 Å². The Bertz CT molecular complexity index is 643. The molecule has 0 radical (unpaired) electrons. The van der Waals surface area contributed by atoms with Gasteiger partial charge in [-0.3, -0.25) is 0 Å². The largest absolute Gasteiger partial charge is 0.399 e. The van der Waals surface area contributed by atoms with E-state index in [1.54, 1.807) is 12.2 Å². The van der Waals surface area contributed by atoms with Crippen molar-refractivity contribution in [1.29, 1.82) is 5.26 Å². The van der Waals surface area contributed by atoms with Crippen LogP contribution < -0.4 is 0 Å². The van der Waals surface area contributed by atoms with Gasteiger partial charge in [0.05, 0.1) is 12.2 Å². The maximum Gasteiger partial charge on any atom is 0.106 e. The van der Waals surface area contributed by atoms with Crippen molar-refractivity contribution in [2.75, 3.05) is 7.11 Å². The minimum Gasteiger partial charge on any atom is -0.399 e. The molecule has 1 aliphatic carbocycles. The zero-order valence-corrected chi connectivity index (χ0v) is 11.1. The molecule has 0 unspecified atom stereocenters. The van der Waals surface area contributed by atoms with Crippen molar-refractivity contribution >= 4 is 11.3 Å². The van der Waals surface area contributed by atoms with Crippen LogP contribution in [0.5, 0.6) is 0 Å². The number of nitriles is 1. The van der Waals surface area contributed by atoms with Crippen molar-refractivity contribution in [2.45, 2.75) is 6.61 Å². The van der Waals surface area contributed by atoms with E-state index in [0.717, 1.165) is 16.7 Å². The van der Waals surface area contributed by atoms with Gasteiger partial charge in [0.1, 0.15) is 18.9 Å². The summed E-state index contributed by atoms with van der Waals surface area (Å²) >= 11 is 0. The van der Waals surface area contributed by atoms with Crippen LogP contribution in [0.25, 0.3) is 5.57 Å². The van der Waals surface area contributed by atoms with E-state index in [2.05, 4.69) is 11.2 Å². The molecule has 0 bridgehead atoms. The molecule has 2 rings (SSSR count). The Hall–Kier alpha value is -2.64. The van der Waals surface area contributed by atoms with E-state index < -0.39 is 0 Å². The summed E-state index contributed by atoms with van der Waals surface area (Å²) in [5.41, 5.74) is 3.62. The Balaban J connectivity index is 2.41. The molecule has 0 fully saturated rings. The number of allylic oxidation sites excluding steroid dienone is 6. The van der Waals surface area contributed by atoms with Crippen LogP contribution in [0.4, 0.5) is 0 Å². The highest BCUT2D eigenvalue weighted by Crippen LogP contribution is 2.23. The van der Waals surface area contributed by atoms with Gasteiger partial charge in [0.25, 0.3) is 0 Å². The third-order valence-electron chi connectivity index (χ3n) is 2.86. The predicted molar refractivity (Wildman–Crippen MR) is 77.6 cm³/mol. The molecule has 4 heteroatoms. The van der Waals surface area contributed by atoms with E-state index in [1.165, 1.54) is 7.11 Å². The molecular weight excluding hydrogens is 252 g/mol. The molecule has 1 N–H and O–H groups in total. The highest BCUT2D eigenvalue weighted by atomic mass is 16.6. The number of benzene rings is 1. The summed E-state index contributed by atoms with van der Waals surface area (Å²) in [5.74, 6) is 0. The summed E-state index contributed by atoms with van der Waals surface area (Å²) < 4.78 is 0. The normalized spacial score (nSPS) is 13.1. The lowest BCUT2D eigenvalue weighted by Crippen LogP contribution is -1.97. The van der Waals surface area contributed by atoms with Crippen molar-refractivity contribution in [1.82, 2.24) is 0 Å². The Morgan fingerprint density at radius 3 is 2.65 bits per heavy atom. The van der Waals surface area contributed by atoms with Gasteiger partial charge in [0, 0.05) is 0 Å². The van der Waals surface area contributed by atoms with E-state index in [4.69, 9.17) is 9.94 Å². The molecule has 100 valence electrons. The molecule has 0 saturated heterocycles. The SMILES string of the molecule is CON=C1C=CC(=C(C#N)c2cccc(CO)c2)C=C1. The van der Waals surface area contributed by atoms with Gasteiger partial charge in [-0.15, -0.1) is 0 Å². The minimum atomic E-state index is -0.0434. The van der Waals surface area contributed by atoms with Crippen LogP contribution >= 0.6 is 0 Å². The fourth-order valence-corrected chi connectivity index (χ4v) is 1.92. The van der Waals surface area contributed by atoms with Crippen LogP contribution in [-0.4, -0.2) is 17.9 Å². The topological polar surface area (TPSA) is 65.6 Å². The average Bonchev–Trinajstić information content (AvgIpc) is 2.50. The number of rotatable bonds is 3. The molecule has 0 atom stereocenters. The molecule has 0 amide bonds. The van der Waals surface area contributed by atoms with E-state index in [9.17, 15) is 5.26 Å². The number of hydrogen-bond acceptors (Lipinski definition) is 4. The van der Waals surface area contributed by atoms with E-state index >= 15 is 0 Å². The van der Waals surface area contributed by atoms with E-state index in [-0.39, 0.29) is 6.61 Å². The molecule has 0 saturated carbocycles. The second-order valence-electron chi connectivity index (χ2n) is 4.17. The van der Waals surface area contributed by atoms with E-state index in [0.29, 0.717) is 11.3 Å². The Morgan fingerprint density at radius 2 is 2.05 bits per heavy atom. The third kappa shape index (κ3) is 3.02. The van der Waals surface area contributed by atoms with Gasteiger partial charge in [-0.2, -0.15) is 5.26 Å². The summed E-state index contributed by atoms with van der Waals surface area (Å²) in [6.45, 7) is -0.0434. The highest BCUT2D eigenvalue weighted by molar-refractivity contribution is 6.06. The first-order valence-electron chi connectivity index (χ1n) is 6.10. The number of aliphatic hydroxyl groups is 1.